The summed E-state index contributed by atoms with van der Waals surface area (Å²) in [6, 6.07) is 0. The summed E-state index contributed by atoms with van der Waals surface area (Å²) < 4.78 is 3.46. The number of fused-ring (bicyclic) bond motifs is 1. The highest BCUT2D eigenvalue weighted by Gasteiger charge is 2.26. The van der Waals surface area contributed by atoms with E-state index in [9.17, 15) is 4.79 Å². The third kappa shape index (κ3) is 3.44. The van der Waals surface area contributed by atoms with E-state index in [1.165, 1.54) is 19.2 Å². The van der Waals surface area contributed by atoms with Crippen LogP contribution in [0.15, 0.2) is 11.1 Å². The Balaban J connectivity index is 0.00000225. The fraction of sp³-hybridized carbons (Fsp3) is 0.588. The lowest BCUT2D eigenvalue weighted by Crippen LogP contribution is -2.25. The summed E-state index contributed by atoms with van der Waals surface area (Å²) in [5, 5.41) is 6.58. The molecule has 0 bridgehead atoms. The molecule has 2 aromatic rings. The third-order valence-corrected chi connectivity index (χ3v) is 4.19. The van der Waals surface area contributed by atoms with E-state index in [0.29, 0.717) is 23.9 Å². The highest BCUT2D eigenvalue weighted by atomic mass is 16.1. The first-order valence-corrected chi connectivity index (χ1v) is 8.54. The van der Waals surface area contributed by atoms with E-state index < -0.39 is 0 Å². The molecule has 0 saturated heterocycles. The Kier molecular flexibility index (Phi) is 5.16. The third-order valence-electron chi connectivity index (χ3n) is 4.19. The number of aromatic nitrogens is 4. The molecule has 0 spiro atoms. The van der Waals surface area contributed by atoms with Gasteiger partial charge in [-0.05, 0) is 32.2 Å². The molecule has 130 valence electrons. The first-order valence-electron chi connectivity index (χ1n) is 8.54. The number of hydrogen-bond acceptors (Lipinski definition) is 5. The molecule has 1 aliphatic rings. The molecule has 0 aliphatic heterocycles. The lowest BCUT2D eigenvalue weighted by Gasteiger charge is -2.08. The van der Waals surface area contributed by atoms with Crippen LogP contribution in [-0.4, -0.2) is 38.7 Å². The molecule has 0 aromatic carbocycles. The molecule has 1 saturated carbocycles. The van der Waals surface area contributed by atoms with Crippen LogP contribution in [0.5, 0.6) is 0 Å². The second-order valence-electron chi connectivity index (χ2n) is 6.02. The van der Waals surface area contributed by atoms with Crippen molar-refractivity contribution in [3.8, 4) is 11.8 Å². The molecule has 0 radical (unpaired) electrons. The first kappa shape index (κ1) is 16.5. The van der Waals surface area contributed by atoms with Gasteiger partial charge in [0, 0.05) is 21.1 Å². The summed E-state index contributed by atoms with van der Waals surface area (Å²) >= 11 is 0. The molecular formula is C17H26N6O. The summed E-state index contributed by atoms with van der Waals surface area (Å²) in [5.41, 5.74) is 1.41. The van der Waals surface area contributed by atoms with Gasteiger partial charge in [0.05, 0.1) is 6.54 Å². The SMILES string of the molecule is CC#CCn1c(=O)n(CC2CC2)c2ncnc(NCCNCC)c21.[HH]. The molecule has 0 amide bonds. The summed E-state index contributed by atoms with van der Waals surface area (Å²) in [5.74, 6) is 7.14. The summed E-state index contributed by atoms with van der Waals surface area (Å²) in [6.45, 7) is 7.44. The Morgan fingerprint density at radius 2 is 2.17 bits per heavy atom. The molecule has 1 fully saturated rings. The summed E-state index contributed by atoms with van der Waals surface area (Å²) in [4.78, 5) is 21.6. The maximum atomic E-state index is 12.8. The Morgan fingerprint density at radius 3 is 2.88 bits per heavy atom. The van der Waals surface area contributed by atoms with Gasteiger partial charge in [-0.25, -0.2) is 14.8 Å². The van der Waals surface area contributed by atoms with Gasteiger partial charge in [0.2, 0.25) is 0 Å². The van der Waals surface area contributed by atoms with Crippen molar-refractivity contribution in [2.45, 2.75) is 39.8 Å². The molecular weight excluding hydrogens is 304 g/mol. The van der Waals surface area contributed by atoms with Gasteiger partial charge in [-0.15, -0.1) is 5.92 Å². The van der Waals surface area contributed by atoms with Gasteiger partial charge < -0.3 is 10.6 Å². The predicted octanol–water partition coefficient (Wildman–Crippen LogP) is 1.29. The normalized spacial score (nSPS) is 13.8. The number of imidazole rings is 1. The van der Waals surface area contributed by atoms with E-state index in [-0.39, 0.29) is 7.12 Å². The van der Waals surface area contributed by atoms with Crippen molar-refractivity contribution in [3.63, 3.8) is 0 Å². The van der Waals surface area contributed by atoms with Crippen LogP contribution in [0.2, 0.25) is 0 Å². The van der Waals surface area contributed by atoms with Gasteiger partial charge in [-0.3, -0.25) is 9.13 Å². The van der Waals surface area contributed by atoms with Crippen molar-refractivity contribution in [1.82, 2.24) is 24.4 Å². The van der Waals surface area contributed by atoms with Gasteiger partial charge in [0.15, 0.2) is 11.5 Å². The van der Waals surface area contributed by atoms with Crippen molar-refractivity contribution in [2.24, 2.45) is 5.92 Å². The van der Waals surface area contributed by atoms with Crippen LogP contribution in [0, 0.1) is 17.8 Å². The van der Waals surface area contributed by atoms with Crippen molar-refractivity contribution >= 4 is 17.0 Å². The van der Waals surface area contributed by atoms with Crippen LogP contribution in [0.4, 0.5) is 5.82 Å². The molecule has 24 heavy (non-hydrogen) atoms. The molecule has 7 heteroatoms. The quantitative estimate of drug-likeness (QED) is 0.563. The van der Waals surface area contributed by atoms with Gasteiger partial charge in [-0.1, -0.05) is 12.8 Å². The summed E-state index contributed by atoms with van der Waals surface area (Å²) in [7, 11) is 0. The monoisotopic (exact) mass is 330 g/mol. The van der Waals surface area contributed by atoms with Crippen molar-refractivity contribution < 1.29 is 1.43 Å². The van der Waals surface area contributed by atoms with Crippen molar-refractivity contribution in [2.75, 3.05) is 25.0 Å². The van der Waals surface area contributed by atoms with E-state index in [0.717, 1.165) is 31.7 Å². The number of hydrogen-bond donors (Lipinski definition) is 2. The fourth-order valence-corrected chi connectivity index (χ4v) is 2.75. The molecule has 3 rings (SSSR count). The molecule has 7 nitrogen and oxygen atoms in total. The second-order valence-corrected chi connectivity index (χ2v) is 6.02. The maximum absolute atomic E-state index is 12.8. The van der Waals surface area contributed by atoms with E-state index >= 15 is 0 Å². The number of anilines is 1. The van der Waals surface area contributed by atoms with Crippen LogP contribution >= 0.6 is 0 Å². The average Bonchev–Trinajstić information content (AvgIpc) is 3.37. The van der Waals surface area contributed by atoms with Crippen LogP contribution in [-0.2, 0) is 13.1 Å². The topological polar surface area (TPSA) is 76.8 Å². The van der Waals surface area contributed by atoms with Gasteiger partial charge in [-0.2, -0.15) is 0 Å². The van der Waals surface area contributed by atoms with Crippen molar-refractivity contribution in [1.29, 1.82) is 0 Å². The smallest absolute Gasteiger partial charge is 0.331 e. The van der Waals surface area contributed by atoms with E-state index in [2.05, 4.69) is 39.4 Å². The molecule has 2 N–H and O–H groups in total. The number of rotatable bonds is 8. The van der Waals surface area contributed by atoms with Crippen LogP contribution < -0.4 is 16.3 Å². The van der Waals surface area contributed by atoms with Crippen LogP contribution in [0.1, 0.15) is 28.1 Å². The molecule has 0 unspecified atom stereocenters. The zero-order valence-corrected chi connectivity index (χ0v) is 14.3. The summed E-state index contributed by atoms with van der Waals surface area (Å²) in [6.07, 6.45) is 3.90. The standard InChI is InChI=1S/C17H24N6O.H2/c1-3-5-10-22-14-15(19-9-8-18-4-2)20-12-21-16(14)23(17(22)24)11-13-6-7-13;/h12-13,18H,4,6-11H2,1-2H3,(H,19,20,21);1H. The Hall–Kier alpha value is -2.33. The molecule has 1 aliphatic carbocycles. The van der Waals surface area contributed by atoms with E-state index in [4.69, 9.17) is 0 Å². The van der Waals surface area contributed by atoms with Gasteiger partial charge >= 0.3 is 5.69 Å². The fourth-order valence-electron chi connectivity index (χ4n) is 2.75. The zero-order chi connectivity index (χ0) is 16.9. The van der Waals surface area contributed by atoms with Crippen molar-refractivity contribution in [3.05, 3.63) is 16.8 Å². The number of nitrogens with one attached hydrogen (secondary N) is 2. The molecule has 2 aromatic heterocycles. The zero-order valence-electron chi connectivity index (χ0n) is 14.3. The molecule has 0 atom stereocenters. The largest absolute Gasteiger partial charge is 0.367 e. The minimum atomic E-state index is -0.0464. The van der Waals surface area contributed by atoms with Crippen LogP contribution in [0.25, 0.3) is 11.2 Å². The maximum Gasteiger partial charge on any atom is 0.331 e. The molecule has 2 heterocycles. The minimum absolute atomic E-state index is 0. The lowest BCUT2D eigenvalue weighted by atomic mass is 10.4. The van der Waals surface area contributed by atoms with E-state index in [1.807, 2.05) is 0 Å². The Labute approximate surface area is 143 Å². The first-order chi connectivity index (χ1) is 11.8. The lowest BCUT2D eigenvalue weighted by molar-refractivity contribution is 0.600. The number of nitrogens with zero attached hydrogens (tertiary/aromatic N) is 4. The minimum Gasteiger partial charge on any atom is -0.367 e. The highest BCUT2D eigenvalue weighted by Crippen LogP contribution is 2.31. The predicted molar refractivity (Wildman–Crippen MR) is 97.1 cm³/mol. The van der Waals surface area contributed by atoms with Gasteiger partial charge in [0.1, 0.15) is 11.8 Å². The Morgan fingerprint density at radius 1 is 1.33 bits per heavy atom. The number of likely N-dealkylation sites (N-methyl/N-ethyl adjacent to an activating group) is 1. The van der Waals surface area contributed by atoms with Crippen LogP contribution in [0.3, 0.4) is 0 Å². The highest BCUT2D eigenvalue weighted by molar-refractivity contribution is 5.83. The Bertz CT molecular complexity index is 827. The average molecular weight is 330 g/mol. The van der Waals surface area contributed by atoms with E-state index in [1.54, 1.807) is 16.1 Å². The second kappa shape index (κ2) is 7.49. The van der Waals surface area contributed by atoms with Gasteiger partial charge in [0.25, 0.3) is 0 Å².